The first-order valence-corrected chi connectivity index (χ1v) is 6.08. The first-order chi connectivity index (χ1) is 8.75. The maximum absolute atomic E-state index is 11.9. The van der Waals surface area contributed by atoms with E-state index in [-0.39, 0.29) is 24.3 Å². The number of fused-ring (bicyclic) bond motifs is 1. The molecule has 1 amide bonds. The molecular formula is C14H15NO3. The van der Waals surface area contributed by atoms with Crippen LogP contribution in [0.5, 0.6) is 0 Å². The van der Waals surface area contributed by atoms with Crippen LogP contribution in [0.15, 0.2) is 42.6 Å². The molecule has 0 aromatic heterocycles. The van der Waals surface area contributed by atoms with Gasteiger partial charge < -0.3 is 9.47 Å². The molecule has 0 N–H and O–H groups in total. The predicted molar refractivity (Wildman–Crippen MR) is 65.7 cm³/mol. The van der Waals surface area contributed by atoms with Crippen LogP contribution in [0.2, 0.25) is 0 Å². The predicted octanol–water partition coefficient (Wildman–Crippen LogP) is 2.31. The van der Waals surface area contributed by atoms with Crippen molar-refractivity contribution in [3.63, 3.8) is 0 Å². The highest BCUT2D eigenvalue weighted by atomic mass is 16.6. The van der Waals surface area contributed by atoms with Crippen LogP contribution in [-0.4, -0.2) is 29.2 Å². The Balaban J connectivity index is 1.58. The fourth-order valence-electron chi connectivity index (χ4n) is 2.17. The second kappa shape index (κ2) is 4.46. The Kier molecular flexibility index (Phi) is 2.80. The van der Waals surface area contributed by atoms with E-state index in [0.717, 1.165) is 5.56 Å². The van der Waals surface area contributed by atoms with Crippen LogP contribution >= 0.6 is 0 Å². The van der Waals surface area contributed by atoms with Crippen molar-refractivity contribution in [2.24, 2.45) is 0 Å². The Morgan fingerprint density at radius 1 is 1.39 bits per heavy atom. The van der Waals surface area contributed by atoms with Gasteiger partial charge in [-0.2, -0.15) is 0 Å². The SMILES string of the molecule is C[C@@H]1[C@@H]2O[C@@H]2C=CN1C(=O)OCc1ccccc1. The molecule has 0 aliphatic carbocycles. The highest BCUT2D eigenvalue weighted by molar-refractivity contribution is 5.70. The molecule has 1 aromatic carbocycles. The molecular weight excluding hydrogens is 230 g/mol. The van der Waals surface area contributed by atoms with Gasteiger partial charge in [-0.1, -0.05) is 30.3 Å². The van der Waals surface area contributed by atoms with E-state index in [1.165, 1.54) is 0 Å². The lowest BCUT2D eigenvalue weighted by atomic mass is 10.1. The van der Waals surface area contributed by atoms with Gasteiger partial charge in [-0.15, -0.1) is 0 Å². The molecule has 1 saturated heterocycles. The number of hydrogen-bond donors (Lipinski definition) is 0. The van der Waals surface area contributed by atoms with Crippen molar-refractivity contribution >= 4 is 6.09 Å². The smallest absolute Gasteiger partial charge is 0.414 e. The Labute approximate surface area is 106 Å². The highest BCUT2D eigenvalue weighted by Gasteiger charge is 2.47. The summed E-state index contributed by atoms with van der Waals surface area (Å²) < 4.78 is 10.7. The molecule has 0 saturated carbocycles. The molecule has 2 aliphatic rings. The number of nitrogens with zero attached hydrogens (tertiary/aromatic N) is 1. The number of carbonyl (C=O) groups excluding carboxylic acids is 1. The van der Waals surface area contributed by atoms with Gasteiger partial charge in [0.2, 0.25) is 0 Å². The molecule has 4 heteroatoms. The quantitative estimate of drug-likeness (QED) is 0.751. The summed E-state index contributed by atoms with van der Waals surface area (Å²) in [5.74, 6) is 0. The van der Waals surface area contributed by atoms with Gasteiger partial charge in [0.05, 0.1) is 6.04 Å². The second-order valence-electron chi connectivity index (χ2n) is 4.59. The van der Waals surface area contributed by atoms with Crippen LogP contribution in [0.3, 0.4) is 0 Å². The molecule has 0 unspecified atom stereocenters. The van der Waals surface area contributed by atoms with Gasteiger partial charge in [-0.25, -0.2) is 4.79 Å². The van der Waals surface area contributed by atoms with Gasteiger partial charge >= 0.3 is 6.09 Å². The minimum Gasteiger partial charge on any atom is -0.444 e. The van der Waals surface area contributed by atoms with E-state index in [0.29, 0.717) is 6.61 Å². The van der Waals surface area contributed by atoms with Crippen LogP contribution in [0.25, 0.3) is 0 Å². The molecule has 4 nitrogen and oxygen atoms in total. The first kappa shape index (κ1) is 11.3. The zero-order valence-corrected chi connectivity index (χ0v) is 10.2. The monoisotopic (exact) mass is 245 g/mol. The van der Waals surface area contributed by atoms with Crippen molar-refractivity contribution < 1.29 is 14.3 Å². The van der Waals surface area contributed by atoms with Crippen LogP contribution in [-0.2, 0) is 16.1 Å². The molecule has 0 spiro atoms. The summed E-state index contributed by atoms with van der Waals surface area (Å²) in [6, 6.07) is 9.70. The minimum atomic E-state index is -0.323. The number of rotatable bonds is 2. The van der Waals surface area contributed by atoms with Crippen LogP contribution < -0.4 is 0 Å². The fraction of sp³-hybridized carbons (Fsp3) is 0.357. The van der Waals surface area contributed by atoms with Gasteiger partial charge in [0.1, 0.15) is 18.8 Å². The molecule has 1 fully saturated rings. The maximum atomic E-state index is 11.9. The molecule has 0 bridgehead atoms. The zero-order valence-electron chi connectivity index (χ0n) is 10.2. The number of epoxide rings is 1. The summed E-state index contributed by atoms with van der Waals surface area (Å²) in [5.41, 5.74) is 0.986. The lowest BCUT2D eigenvalue weighted by Crippen LogP contribution is -2.40. The van der Waals surface area contributed by atoms with Crippen molar-refractivity contribution in [3.8, 4) is 0 Å². The van der Waals surface area contributed by atoms with E-state index in [1.54, 1.807) is 11.1 Å². The summed E-state index contributed by atoms with van der Waals surface area (Å²) in [7, 11) is 0. The van der Waals surface area contributed by atoms with Crippen molar-refractivity contribution in [2.75, 3.05) is 0 Å². The van der Waals surface area contributed by atoms with E-state index in [1.807, 2.05) is 43.3 Å². The molecule has 1 aromatic rings. The standard InChI is InChI=1S/C14H15NO3/c1-10-13-12(18-13)7-8-15(10)14(16)17-9-11-5-3-2-4-6-11/h2-8,10,12-13H,9H2,1H3/t10-,12-,13+/m1/s1. The van der Waals surface area contributed by atoms with Gasteiger partial charge in [0.25, 0.3) is 0 Å². The van der Waals surface area contributed by atoms with Crippen molar-refractivity contribution in [2.45, 2.75) is 31.8 Å². The molecule has 0 radical (unpaired) electrons. The Morgan fingerprint density at radius 2 is 2.17 bits per heavy atom. The third-order valence-electron chi connectivity index (χ3n) is 3.33. The number of benzene rings is 1. The normalized spacial score (nSPS) is 28.7. The van der Waals surface area contributed by atoms with E-state index in [4.69, 9.17) is 9.47 Å². The average Bonchev–Trinajstić information content (AvgIpc) is 3.18. The molecule has 94 valence electrons. The van der Waals surface area contributed by atoms with E-state index in [2.05, 4.69) is 0 Å². The topological polar surface area (TPSA) is 42.1 Å². The Morgan fingerprint density at radius 3 is 2.94 bits per heavy atom. The van der Waals surface area contributed by atoms with E-state index in [9.17, 15) is 4.79 Å². The number of carbonyl (C=O) groups is 1. The van der Waals surface area contributed by atoms with Gasteiger partial charge in [0, 0.05) is 6.20 Å². The molecule has 2 heterocycles. The van der Waals surface area contributed by atoms with Crippen molar-refractivity contribution in [3.05, 3.63) is 48.2 Å². The van der Waals surface area contributed by atoms with Gasteiger partial charge in [0.15, 0.2) is 0 Å². The number of amides is 1. The summed E-state index contributed by atoms with van der Waals surface area (Å²) in [6.45, 7) is 2.27. The zero-order chi connectivity index (χ0) is 12.5. The number of ether oxygens (including phenoxy) is 2. The average molecular weight is 245 g/mol. The fourth-order valence-corrected chi connectivity index (χ4v) is 2.17. The van der Waals surface area contributed by atoms with Crippen LogP contribution in [0.1, 0.15) is 12.5 Å². The Hall–Kier alpha value is -1.81. The first-order valence-electron chi connectivity index (χ1n) is 6.08. The molecule has 3 atom stereocenters. The molecule has 3 rings (SSSR count). The van der Waals surface area contributed by atoms with Crippen molar-refractivity contribution in [1.82, 2.24) is 4.90 Å². The highest BCUT2D eigenvalue weighted by Crippen LogP contribution is 2.33. The lowest BCUT2D eigenvalue weighted by Gasteiger charge is -2.25. The van der Waals surface area contributed by atoms with Gasteiger partial charge in [-0.3, -0.25) is 4.90 Å². The Bertz CT molecular complexity index is 471. The minimum absolute atomic E-state index is 0.0447. The van der Waals surface area contributed by atoms with E-state index < -0.39 is 0 Å². The molecule has 18 heavy (non-hydrogen) atoms. The lowest BCUT2D eigenvalue weighted by molar-refractivity contribution is 0.0958. The summed E-state index contributed by atoms with van der Waals surface area (Å²) in [6.07, 6.45) is 3.66. The second-order valence-corrected chi connectivity index (χ2v) is 4.59. The van der Waals surface area contributed by atoms with Crippen molar-refractivity contribution in [1.29, 1.82) is 0 Å². The summed E-state index contributed by atoms with van der Waals surface area (Å²) >= 11 is 0. The van der Waals surface area contributed by atoms with Crippen LogP contribution in [0.4, 0.5) is 4.79 Å². The summed E-state index contributed by atoms with van der Waals surface area (Å²) in [5, 5.41) is 0. The van der Waals surface area contributed by atoms with Gasteiger partial charge in [-0.05, 0) is 18.6 Å². The van der Waals surface area contributed by atoms with Crippen LogP contribution in [0, 0.1) is 0 Å². The molecule has 2 aliphatic heterocycles. The third kappa shape index (κ3) is 2.11. The van der Waals surface area contributed by atoms with E-state index >= 15 is 0 Å². The largest absolute Gasteiger partial charge is 0.444 e. The third-order valence-corrected chi connectivity index (χ3v) is 3.33. The summed E-state index contributed by atoms with van der Waals surface area (Å²) in [4.78, 5) is 13.5. The number of hydrogen-bond acceptors (Lipinski definition) is 3. The maximum Gasteiger partial charge on any atom is 0.414 e.